The summed E-state index contributed by atoms with van der Waals surface area (Å²) in [5.41, 5.74) is 3.90. The van der Waals surface area contributed by atoms with E-state index in [0.29, 0.717) is 43.6 Å². The second-order valence-electron chi connectivity index (χ2n) is 12.5. The van der Waals surface area contributed by atoms with E-state index >= 15 is 0 Å². The smallest absolute Gasteiger partial charge is 0.243 e. The third-order valence-corrected chi connectivity index (χ3v) is 9.52. The third kappa shape index (κ3) is 5.30. The summed E-state index contributed by atoms with van der Waals surface area (Å²) in [5.74, 6) is 0.631. The van der Waals surface area contributed by atoms with E-state index in [1.165, 1.54) is 0 Å². The van der Waals surface area contributed by atoms with Crippen LogP contribution in [0.25, 0.3) is 22.0 Å². The van der Waals surface area contributed by atoms with Gasteiger partial charge in [0.25, 0.3) is 0 Å². The van der Waals surface area contributed by atoms with Gasteiger partial charge in [-0.3, -0.25) is 19.2 Å². The van der Waals surface area contributed by atoms with Crippen LogP contribution in [0.1, 0.15) is 74.1 Å². The minimum Gasteiger partial charge on any atom is -0.345 e. The van der Waals surface area contributed by atoms with E-state index in [1.54, 1.807) is 35.3 Å². The molecular formula is C34H39N5O4. The Morgan fingerprint density at radius 3 is 2.53 bits per heavy atom. The van der Waals surface area contributed by atoms with E-state index in [0.717, 1.165) is 46.9 Å². The predicted octanol–water partition coefficient (Wildman–Crippen LogP) is 4.69. The lowest BCUT2D eigenvalue weighted by Crippen LogP contribution is -2.44. The van der Waals surface area contributed by atoms with Crippen molar-refractivity contribution in [3.63, 3.8) is 0 Å². The summed E-state index contributed by atoms with van der Waals surface area (Å²) < 4.78 is 1.90. The van der Waals surface area contributed by atoms with Gasteiger partial charge in [0.15, 0.2) is 11.6 Å². The molecule has 9 nitrogen and oxygen atoms in total. The van der Waals surface area contributed by atoms with Crippen LogP contribution in [-0.4, -0.2) is 73.4 Å². The van der Waals surface area contributed by atoms with E-state index in [4.69, 9.17) is 0 Å². The lowest BCUT2D eigenvalue weighted by atomic mass is 9.95. The molecule has 4 heterocycles. The summed E-state index contributed by atoms with van der Waals surface area (Å²) in [6.45, 7) is 5.81. The summed E-state index contributed by atoms with van der Waals surface area (Å²) >= 11 is 0. The highest BCUT2D eigenvalue weighted by atomic mass is 16.2. The van der Waals surface area contributed by atoms with Gasteiger partial charge in [0.2, 0.25) is 11.8 Å². The fourth-order valence-corrected chi connectivity index (χ4v) is 7.20. The molecule has 2 fully saturated rings. The van der Waals surface area contributed by atoms with Gasteiger partial charge in [-0.25, -0.2) is 9.97 Å². The monoisotopic (exact) mass is 581 g/mol. The first-order valence-corrected chi connectivity index (χ1v) is 15.3. The molecule has 1 saturated heterocycles. The fraction of sp³-hybridized carbons (Fsp3) is 0.471. The second kappa shape index (κ2) is 11.2. The molecule has 2 bridgehead atoms. The van der Waals surface area contributed by atoms with Gasteiger partial charge < -0.3 is 14.4 Å². The molecule has 3 aromatic rings. The number of amides is 2. The molecule has 2 aromatic heterocycles. The van der Waals surface area contributed by atoms with Gasteiger partial charge in [0.1, 0.15) is 12.4 Å². The third-order valence-electron chi connectivity index (χ3n) is 9.52. The van der Waals surface area contributed by atoms with E-state index < -0.39 is 6.04 Å². The maximum Gasteiger partial charge on any atom is 0.243 e. The highest BCUT2D eigenvalue weighted by Gasteiger charge is 2.67. The van der Waals surface area contributed by atoms with Crippen LogP contribution in [0, 0.1) is 12.3 Å². The molecule has 3 aliphatic rings. The van der Waals surface area contributed by atoms with Crippen molar-refractivity contribution >= 4 is 34.3 Å². The predicted molar refractivity (Wildman–Crippen MR) is 163 cm³/mol. The number of nitrogens with zero attached hydrogens (tertiary/aromatic N) is 5. The molecule has 1 saturated carbocycles. The summed E-state index contributed by atoms with van der Waals surface area (Å²) in [7, 11) is 1.84. The number of aryl methyl sites for hydroxylation is 1. The van der Waals surface area contributed by atoms with Crippen LogP contribution in [0.4, 0.5) is 0 Å². The van der Waals surface area contributed by atoms with Gasteiger partial charge in [-0.2, -0.15) is 0 Å². The molecule has 0 unspecified atom stereocenters. The van der Waals surface area contributed by atoms with Crippen LogP contribution >= 0.6 is 0 Å². The number of aromatic nitrogens is 3. The molecular weight excluding hydrogens is 542 g/mol. The first kappa shape index (κ1) is 29.0. The van der Waals surface area contributed by atoms with Crippen molar-refractivity contribution in [1.82, 2.24) is 24.3 Å². The van der Waals surface area contributed by atoms with E-state index in [-0.39, 0.29) is 41.4 Å². The van der Waals surface area contributed by atoms with Gasteiger partial charge in [-0.05, 0) is 69.2 Å². The number of carbonyl (C=O) groups excluding carboxylic acids is 4. The van der Waals surface area contributed by atoms with E-state index in [9.17, 15) is 19.2 Å². The van der Waals surface area contributed by atoms with Gasteiger partial charge in [-0.1, -0.05) is 19.1 Å². The number of benzene rings is 1. The van der Waals surface area contributed by atoms with Crippen molar-refractivity contribution < 1.29 is 19.2 Å². The Morgan fingerprint density at radius 1 is 1.05 bits per heavy atom. The van der Waals surface area contributed by atoms with E-state index in [2.05, 4.69) is 28.2 Å². The second-order valence-corrected chi connectivity index (χ2v) is 12.5. The van der Waals surface area contributed by atoms with Crippen molar-refractivity contribution in [1.29, 1.82) is 0 Å². The van der Waals surface area contributed by atoms with Crippen molar-refractivity contribution in [3.8, 4) is 11.1 Å². The first-order chi connectivity index (χ1) is 20.6. The Morgan fingerprint density at radius 2 is 1.81 bits per heavy atom. The van der Waals surface area contributed by atoms with Crippen molar-refractivity contribution in [2.75, 3.05) is 13.6 Å². The molecule has 1 aromatic carbocycles. The van der Waals surface area contributed by atoms with Gasteiger partial charge in [0, 0.05) is 73.0 Å². The van der Waals surface area contributed by atoms with Crippen LogP contribution in [0.5, 0.6) is 0 Å². The normalized spacial score (nSPS) is 25.0. The number of ketones is 2. The van der Waals surface area contributed by atoms with Crippen LogP contribution in [0.2, 0.25) is 0 Å². The zero-order chi connectivity index (χ0) is 30.5. The quantitative estimate of drug-likeness (QED) is 0.327. The number of rotatable bonds is 4. The Labute approximate surface area is 252 Å². The molecule has 9 heteroatoms. The summed E-state index contributed by atoms with van der Waals surface area (Å²) in [5, 5.41) is 0.787. The Kier molecular flexibility index (Phi) is 7.52. The van der Waals surface area contributed by atoms with Crippen LogP contribution < -0.4 is 0 Å². The Bertz CT molecular complexity index is 1660. The molecule has 0 spiro atoms. The molecule has 224 valence electrons. The van der Waals surface area contributed by atoms with Crippen LogP contribution in [0.3, 0.4) is 0 Å². The summed E-state index contributed by atoms with van der Waals surface area (Å²) in [6, 6.07) is 3.53. The lowest BCUT2D eigenvalue weighted by Gasteiger charge is -2.27. The standard InChI is InChI=1S/C34H39N5O4/c1-5-29(41)28-14-34-15-30(34)39(28)32(43)19-38-18-27(21(2)40)26-13-24(25-16-35-22(3)36-17-25)12-23(33(26)38)10-8-6-7-9-11-31(42)37(4)20-34/h6,8,12-13,16-18,28,30H,5,7,9-11,14-15,19-20H2,1-4H3/b8-6+/t28-,30+,34-/m0/s1. The number of carbonyl (C=O) groups is 4. The summed E-state index contributed by atoms with van der Waals surface area (Å²) in [4.78, 5) is 65.5. The maximum absolute atomic E-state index is 14.1. The van der Waals surface area contributed by atoms with Gasteiger partial charge >= 0.3 is 0 Å². The fourth-order valence-electron chi connectivity index (χ4n) is 7.20. The molecule has 43 heavy (non-hydrogen) atoms. The van der Waals surface area contributed by atoms with Crippen molar-refractivity contribution in [2.24, 2.45) is 5.41 Å². The average molecular weight is 582 g/mol. The zero-order valence-corrected chi connectivity index (χ0v) is 25.4. The number of hydrogen-bond acceptors (Lipinski definition) is 6. The molecule has 6 rings (SSSR count). The number of piperidine rings is 1. The topological polar surface area (TPSA) is 105 Å². The molecule has 0 radical (unpaired) electrons. The summed E-state index contributed by atoms with van der Waals surface area (Å²) in [6.07, 6.45) is 13.9. The van der Waals surface area contributed by atoms with Crippen molar-refractivity contribution in [2.45, 2.75) is 84.3 Å². The molecule has 2 amide bonds. The van der Waals surface area contributed by atoms with Crippen LogP contribution in [0.15, 0.2) is 42.9 Å². The number of hydrogen-bond donors (Lipinski definition) is 0. The highest BCUT2D eigenvalue weighted by molar-refractivity contribution is 6.09. The maximum atomic E-state index is 14.1. The van der Waals surface area contributed by atoms with Crippen LogP contribution in [-0.2, 0) is 27.3 Å². The molecule has 3 atom stereocenters. The first-order valence-electron chi connectivity index (χ1n) is 15.3. The molecule has 1 aliphatic carbocycles. The number of Topliss-reactive ketones (excluding diaryl/α,β-unsaturated/α-hetero) is 2. The van der Waals surface area contributed by atoms with Gasteiger partial charge in [0.05, 0.1) is 11.6 Å². The SMILES string of the molecule is CCC(=O)[C@@H]1C[C@@]23C[C@H]2N1C(=O)Cn1cc(C(C)=O)c2cc(-c4cnc(C)nc4)cc(c21)C/C=C/CCCC(=O)N(C)C3. The van der Waals surface area contributed by atoms with E-state index in [1.807, 2.05) is 31.5 Å². The highest BCUT2D eigenvalue weighted by Crippen LogP contribution is 2.60. The molecule has 0 N–H and O–H groups in total. The van der Waals surface area contributed by atoms with Gasteiger partial charge in [-0.15, -0.1) is 0 Å². The minimum absolute atomic E-state index is 0.0301. The van der Waals surface area contributed by atoms with Crippen molar-refractivity contribution in [3.05, 3.63) is 59.8 Å². The Hall–Kier alpha value is -4.14. The average Bonchev–Trinajstić information content (AvgIpc) is 3.38. The lowest BCUT2D eigenvalue weighted by molar-refractivity contribution is -0.139. The molecule has 2 aliphatic heterocycles. The minimum atomic E-state index is -0.483. The number of allylic oxidation sites excluding steroid dienone is 2. The zero-order valence-electron chi connectivity index (χ0n) is 25.4. The Balaban J connectivity index is 1.47. The largest absolute Gasteiger partial charge is 0.345 e.